The Labute approximate surface area is 230 Å². The zero-order valence-corrected chi connectivity index (χ0v) is 22.9. The van der Waals surface area contributed by atoms with Crippen molar-refractivity contribution in [3.63, 3.8) is 0 Å². The third-order valence-electron chi connectivity index (χ3n) is 6.32. The lowest BCUT2D eigenvalue weighted by molar-refractivity contribution is -0.151. The summed E-state index contributed by atoms with van der Waals surface area (Å²) in [6, 6.07) is 12.3. The number of carbonyl (C=O) groups excluding carboxylic acids is 2. The van der Waals surface area contributed by atoms with Gasteiger partial charge in [0.1, 0.15) is 0 Å². The van der Waals surface area contributed by atoms with E-state index in [0.29, 0.717) is 70.1 Å². The van der Waals surface area contributed by atoms with Gasteiger partial charge in [-0.05, 0) is 62.9 Å². The van der Waals surface area contributed by atoms with E-state index >= 15 is 0 Å². The van der Waals surface area contributed by atoms with Crippen LogP contribution in [0, 0.1) is 5.92 Å². The molecule has 7 nitrogen and oxygen atoms in total. The standard InChI is InChI=1S/C27H29Cl2N3O4S/c1-2-36-26(35)18-8-7-14-31(17-18)24(33)11-5-6-15-37-27-30-23-10-4-3-9-20(23)25(34)32(27)19-12-13-21(28)22(29)16-19/h3-4,9-10,12-13,16,18H,2,5-8,11,14-15,17H2,1H3. The summed E-state index contributed by atoms with van der Waals surface area (Å²) >= 11 is 13.8. The molecule has 0 spiro atoms. The molecule has 2 aromatic carbocycles. The van der Waals surface area contributed by atoms with E-state index in [1.807, 2.05) is 18.2 Å². The maximum absolute atomic E-state index is 13.4. The lowest BCUT2D eigenvalue weighted by atomic mass is 9.98. The Hall–Kier alpha value is -2.55. The quantitative estimate of drug-likeness (QED) is 0.143. The number of amides is 1. The summed E-state index contributed by atoms with van der Waals surface area (Å²) in [5.74, 6) is 0.304. The predicted octanol–water partition coefficient (Wildman–Crippen LogP) is 5.76. The zero-order valence-electron chi connectivity index (χ0n) is 20.6. The number of hydrogen-bond acceptors (Lipinski definition) is 6. The topological polar surface area (TPSA) is 81.5 Å². The Morgan fingerprint density at radius 2 is 1.95 bits per heavy atom. The lowest BCUT2D eigenvalue weighted by Gasteiger charge is -2.31. The van der Waals surface area contributed by atoms with E-state index in [0.717, 1.165) is 19.3 Å². The van der Waals surface area contributed by atoms with Crippen LogP contribution >= 0.6 is 35.0 Å². The Morgan fingerprint density at radius 3 is 2.73 bits per heavy atom. The fourth-order valence-corrected chi connectivity index (χ4v) is 5.72. The van der Waals surface area contributed by atoms with E-state index in [2.05, 4.69) is 0 Å². The van der Waals surface area contributed by atoms with Crippen LogP contribution < -0.4 is 5.56 Å². The van der Waals surface area contributed by atoms with Crippen LogP contribution in [0.4, 0.5) is 0 Å². The number of hydrogen-bond donors (Lipinski definition) is 0. The number of benzene rings is 2. The zero-order chi connectivity index (χ0) is 26.4. The molecule has 0 bridgehead atoms. The van der Waals surface area contributed by atoms with Crippen molar-refractivity contribution in [1.29, 1.82) is 0 Å². The van der Waals surface area contributed by atoms with Gasteiger partial charge in [0.15, 0.2) is 5.16 Å². The number of unbranched alkanes of at least 4 members (excludes halogenated alkanes) is 1. The van der Waals surface area contributed by atoms with Crippen LogP contribution in [0.25, 0.3) is 16.6 Å². The van der Waals surface area contributed by atoms with Gasteiger partial charge < -0.3 is 9.64 Å². The molecule has 1 amide bonds. The summed E-state index contributed by atoms with van der Waals surface area (Å²) in [5.41, 5.74) is 1.04. The molecule has 1 fully saturated rings. The maximum Gasteiger partial charge on any atom is 0.310 e. The SMILES string of the molecule is CCOC(=O)C1CCCN(C(=O)CCCCSc2nc3ccccc3c(=O)n2-c2ccc(Cl)c(Cl)c2)C1. The molecule has 2 heterocycles. The highest BCUT2D eigenvalue weighted by atomic mass is 35.5. The fourth-order valence-electron chi connectivity index (χ4n) is 4.42. The Balaban J connectivity index is 1.39. The minimum Gasteiger partial charge on any atom is -0.466 e. The molecular weight excluding hydrogens is 533 g/mol. The number of ether oxygens (including phenoxy) is 1. The molecule has 0 radical (unpaired) electrons. The van der Waals surface area contributed by atoms with Crippen molar-refractivity contribution in [2.75, 3.05) is 25.4 Å². The van der Waals surface area contributed by atoms with Crippen LogP contribution in [0.3, 0.4) is 0 Å². The number of fused-ring (bicyclic) bond motifs is 1. The lowest BCUT2D eigenvalue weighted by Crippen LogP contribution is -2.42. The summed E-state index contributed by atoms with van der Waals surface area (Å²) in [5, 5.41) is 1.85. The van der Waals surface area contributed by atoms with Gasteiger partial charge >= 0.3 is 5.97 Å². The van der Waals surface area contributed by atoms with Gasteiger partial charge in [-0.15, -0.1) is 0 Å². The number of rotatable bonds is 9. The van der Waals surface area contributed by atoms with Crippen LogP contribution in [0.5, 0.6) is 0 Å². The van der Waals surface area contributed by atoms with E-state index in [9.17, 15) is 14.4 Å². The molecular formula is C27H29Cl2N3O4S. The first-order valence-electron chi connectivity index (χ1n) is 12.4. The van der Waals surface area contributed by atoms with Gasteiger partial charge in [-0.1, -0.05) is 47.1 Å². The van der Waals surface area contributed by atoms with E-state index in [4.69, 9.17) is 32.9 Å². The molecule has 1 aliphatic heterocycles. The Morgan fingerprint density at radius 1 is 1.14 bits per heavy atom. The van der Waals surface area contributed by atoms with Crippen LogP contribution in [0.2, 0.25) is 10.0 Å². The van der Waals surface area contributed by atoms with Gasteiger partial charge in [0.25, 0.3) is 5.56 Å². The highest BCUT2D eigenvalue weighted by Crippen LogP contribution is 2.28. The smallest absolute Gasteiger partial charge is 0.310 e. The van der Waals surface area contributed by atoms with Gasteiger partial charge in [0.2, 0.25) is 5.91 Å². The first kappa shape index (κ1) is 27.5. The summed E-state index contributed by atoms with van der Waals surface area (Å²) in [6.07, 6.45) is 3.47. The summed E-state index contributed by atoms with van der Waals surface area (Å²) in [4.78, 5) is 44.7. The Kier molecular flexibility index (Phi) is 9.51. The number of piperidine rings is 1. The second kappa shape index (κ2) is 12.8. The molecule has 10 heteroatoms. The number of nitrogens with zero attached hydrogens (tertiary/aromatic N) is 3. The van der Waals surface area contributed by atoms with Crippen LogP contribution in [0.15, 0.2) is 52.4 Å². The predicted molar refractivity (Wildman–Crippen MR) is 148 cm³/mol. The van der Waals surface area contributed by atoms with Crippen molar-refractivity contribution < 1.29 is 14.3 Å². The molecule has 3 aromatic rings. The van der Waals surface area contributed by atoms with Crippen LogP contribution in [0.1, 0.15) is 39.0 Å². The maximum atomic E-state index is 13.4. The van der Waals surface area contributed by atoms with Gasteiger partial charge in [0, 0.05) is 25.3 Å². The minimum absolute atomic E-state index is 0.0653. The molecule has 4 rings (SSSR count). The summed E-state index contributed by atoms with van der Waals surface area (Å²) in [6.45, 7) is 3.26. The third kappa shape index (κ3) is 6.67. The van der Waals surface area contributed by atoms with E-state index in [-0.39, 0.29) is 23.4 Å². The summed E-state index contributed by atoms with van der Waals surface area (Å²) < 4.78 is 6.69. The van der Waals surface area contributed by atoms with Crippen molar-refractivity contribution in [2.45, 2.75) is 44.2 Å². The monoisotopic (exact) mass is 561 g/mol. The van der Waals surface area contributed by atoms with Crippen molar-refractivity contribution >= 4 is 57.7 Å². The first-order chi connectivity index (χ1) is 17.9. The Bertz CT molecular complexity index is 1350. The first-order valence-corrected chi connectivity index (χ1v) is 14.2. The molecule has 0 saturated carbocycles. The number of thioether (sulfide) groups is 1. The second-order valence-electron chi connectivity index (χ2n) is 8.89. The molecule has 37 heavy (non-hydrogen) atoms. The minimum atomic E-state index is -0.231. The number of halogens is 2. The van der Waals surface area contributed by atoms with Crippen molar-refractivity contribution in [1.82, 2.24) is 14.5 Å². The molecule has 1 aliphatic rings. The number of carbonyl (C=O) groups is 2. The van der Waals surface area contributed by atoms with Crippen LogP contribution in [-0.4, -0.2) is 51.8 Å². The molecule has 0 aliphatic carbocycles. The second-order valence-corrected chi connectivity index (χ2v) is 10.8. The summed E-state index contributed by atoms with van der Waals surface area (Å²) in [7, 11) is 0. The molecule has 1 atom stereocenters. The van der Waals surface area contributed by atoms with Crippen molar-refractivity contribution in [3.8, 4) is 5.69 Å². The average molecular weight is 563 g/mol. The third-order valence-corrected chi connectivity index (χ3v) is 8.08. The molecule has 196 valence electrons. The number of esters is 1. The van der Waals surface area contributed by atoms with Gasteiger partial charge in [0.05, 0.1) is 39.2 Å². The normalized spacial score (nSPS) is 15.6. The van der Waals surface area contributed by atoms with E-state index < -0.39 is 0 Å². The number of para-hydroxylation sites is 1. The van der Waals surface area contributed by atoms with Crippen molar-refractivity contribution in [3.05, 3.63) is 62.9 Å². The largest absolute Gasteiger partial charge is 0.466 e. The molecule has 0 N–H and O–H groups in total. The average Bonchev–Trinajstić information content (AvgIpc) is 2.90. The molecule has 1 unspecified atom stereocenters. The fraction of sp³-hybridized carbons (Fsp3) is 0.407. The molecule has 1 aromatic heterocycles. The number of aromatic nitrogens is 2. The van der Waals surface area contributed by atoms with Crippen molar-refractivity contribution in [2.24, 2.45) is 5.92 Å². The van der Waals surface area contributed by atoms with Gasteiger partial charge in [-0.2, -0.15) is 0 Å². The van der Waals surface area contributed by atoms with E-state index in [1.54, 1.807) is 40.7 Å². The van der Waals surface area contributed by atoms with Crippen LogP contribution in [-0.2, 0) is 14.3 Å². The number of likely N-dealkylation sites (tertiary alicyclic amines) is 1. The molecule has 1 saturated heterocycles. The van der Waals surface area contributed by atoms with E-state index in [1.165, 1.54) is 11.8 Å². The van der Waals surface area contributed by atoms with Gasteiger partial charge in [-0.3, -0.25) is 19.0 Å². The highest BCUT2D eigenvalue weighted by molar-refractivity contribution is 7.99. The van der Waals surface area contributed by atoms with Gasteiger partial charge in [-0.25, -0.2) is 4.98 Å². The highest BCUT2D eigenvalue weighted by Gasteiger charge is 2.29.